The van der Waals surface area contributed by atoms with Crippen LogP contribution in [0.4, 0.5) is 10.6 Å². The zero-order chi connectivity index (χ0) is 21.1. The number of cyclic esters (lactones) is 1. The fourth-order valence-electron chi connectivity index (χ4n) is 4.18. The standard InChI is InChI=1S/C21H26N4O4S/c1-30(27,28)24-11-7-17(8-12-24)14-19-20(23-10-9-22-19)25-18(15-29-21(25)26)13-16-5-3-2-4-6-16/h2-6,9-10,17-18H,7-8,11-15H2,1H3/t18-/m0/s1. The van der Waals surface area contributed by atoms with E-state index in [-0.39, 0.29) is 6.04 Å². The minimum absolute atomic E-state index is 0.137. The van der Waals surface area contributed by atoms with Crippen LogP contribution in [-0.2, 0) is 27.6 Å². The molecule has 0 aliphatic carbocycles. The third-order valence-electron chi connectivity index (χ3n) is 5.78. The number of benzene rings is 1. The second-order valence-corrected chi connectivity index (χ2v) is 9.91. The number of piperidine rings is 1. The number of aromatic nitrogens is 2. The Morgan fingerprint density at radius 2 is 1.77 bits per heavy atom. The number of hydrogen-bond acceptors (Lipinski definition) is 6. The van der Waals surface area contributed by atoms with Crippen molar-refractivity contribution in [3.63, 3.8) is 0 Å². The van der Waals surface area contributed by atoms with Gasteiger partial charge in [0.15, 0.2) is 5.82 Å². The molecule has 2 saturated heterocycles. The molecular weight excluding hydrogens is 404 g/mol. The molecule has 0 N–H and O–H groups in total. The minimum Gasteiger partial charge on any atom is -0.447 e. The number of ether oxygens (including phenoxy) is 1. The molecule has 160 valence electrons. The van der Waals surface area contributed by atoms with Crippen molar-refractivity contribution >= 4 is 21.9 Å². The summed E-state index contributed by atoms with van der Waals surface area (Å²) in [4.78, 5) is 23.2. The van der Waals surface area contributed by atoms with Gasteiger partial charge in [-0.3, -0.25) is 9.88 Å². The van der Waals surface area contributed by atoms with Gasteiger partial charge in [0.2, 0.25) is 10.0 Å². The second kappa shape index (κ2) is 8.69. The monoisotopic (exact) mass is 430 g/mol. The molecule has 0 bridgehead atoms. The summed E-state index contributed by atoms with van der Waals surface area (Å²) in [6, 6.07) is 9.86. The molecule has 8 nitrogen and oxygen atoms in total. The highest BCUT2D eigenvalue weighted by Gasteiger charge is 2.37. The van der Waals surface area contributed by atoms with E-state index in [1.807, 2.05) is 30.3 Å². The first-order chi connectivity index (χ1) is 14.4. The van der Waals surface area contributed by atoms with Gasteiger partial charge in [-0.1, -0.05) is 30.3 Å². The van der Waals surface area contributed by atoms with E-state index in [0.29, 0.717) is 44.3 Å². The third kappa shape index (κ3) is 4.62. The molecule has 2 aromatic rings. The van der Waals surface area contributed by atoms with E-state index in [4.69, 9.17) is 4.74 Å². The summed E-state index contributed by atoms with van der Waals surface area (Å²) < 4.78 is 30.4. The number of carbonyl (C=O) groups excluding carboxylic acids is 1. The van der Waals surface area contributed by atoms with Crippen molar-refractivity contribution in [2.24, 2.45) is 5.92 Å². The van der Waals surface area contributed by atoms with Crippen LogP contribution in [0.2, 0.25) is 0 Å². The lowest BCUT2D eigenvalue weighted by Crippen LogP contribution is -2.39. The van der Waals surface area contributed by atoms with E-state index in [1.54, 1.807) is 17.3 Å². The van der Waals surface area contributed by atoms with Crippen molar-refractivity contribution in [1.82, 2.24) is 14.3 Å². The normalized spacial score (nSPS) is 21.0. The molecule has 3 heterocycles. The van der Waals surface area contributed by atoms with Crippen LogP contribution in [0.25, 0.3) is 0 Å². The van der Waals surface area contributed by atoms with E-state index in [2.05, 4.69) is 9.97 Å². The van der Waals surface area contributed by atoms with Crippen molar-refractivity contribution in [2.45, 2.75) is 31.7 Å². The quantitative estimate of drug-likeness (QED) is 0.698. The zero-order valence-electron chi connectivity index (χ0n) is 17.0. The molecule has 2 fully saturated rings. The van der Waals surface area contributed by atoms with Gasteiger partial charge in [0.25, 0.3) is 0 Å². The second-order valence-electron chi connectivity index (χ2n) is 7.93. The Bertz CT molecular complexity index is 991. The van der Waals surface area contributed by atoms with Gasteiger partial charge < -0.3 is 4.74 Å². The molecule has 2 aliphatic heterocycles. The first kappa shape index (κ1) is 20.7. The van der Waals surface area contributed by atoms with Crippen molar-refractivity contribution in [1.29, 1.82) is 0 Å². The number of hydrogen-bond donors (Lipinski definition) is 0. The largest absolute Gasteiger partial charge is 0.447 e. The first-order valence-corrected chi connectivity index (χ1v) is 12.0. The van der Waals surface area contributed by atoms with Crippen LogP contribution < -0.4 is 4.90 Å². The van der Waals surface area contributed by atoms with E-state index < -0.39 is 16.1 Å². The summed E-state index contributed by atoms with van der Waals surface area (Å²) in [6.07, 6.45) is 6.94. The summed E-state index contributed by atoms with van der Waals surface area (Å²) in [5, 5.41) is 0. The van der Waals surface area contributed by atoms with E-state index in [0.717, 1.165) is 24.1 Å². The maximum absolute atomic E-state index is 12.5. The van der Waals surface area contributed by atoms with Crippen LogP contribution in [0.15, 0.2) is 42.7 Å². The molecule has 1 amide bonds. The highest BCUT2D eigenvalue weighted by atomic mass is 32.2. The number of carbonyl (C=O) groups is 1. The van der Waals surface area contributed by atoms with Crippen molar-refractivity contribution in [3.05, 3.63) is 54.0 Å². The number of amides is 1. The molecule has 1 aromatic carbocycles. The van der Waals surface area contributed by atoms with Gasteiger partial charge in [-0.05, 0) is 37.2 Å². The van der Waals surface area contributed by atoms with Gasteiger partial charge in [0.1, 0.15) is 6.61 Å². The Labute approximate surface area is 176 Å². The highest BCUT2D eigenvalue weighted by molar-refractivity contribution is 7.88. The maximum atomic E-state index is 12.5. The molecule has 0 saturated carbocycles. The van der Waals surface area contributed by atoms with Gasteiger partial charge in [0, 0.05) is 25.5 Å². The molecule has 2 aliphatic rings. The average molecular weight is 431 g/mol. The van der Waals surface area contributed by atoms with Gasteiger partial charge in [-0.2, -0.15) is 0 Å². The van der Waals surface area contributed by atoms with Crippen LogP contribution in [0.1, 0.15) is 24.1 Å². The predicted molar refractivity (Wildman–Crippen MR) is 113 cm³/mol. The van der Waals surface area contributed by atoms with Gasteiger partial charge in [-0.15, -0.1) is 0 Å². The number of rotatable bonds is 6. The van der Waals surface area contributed by atoms with Crippen LogP contribution in [0.3, 0.4) is 0 Å². The van der Waals surface area contributed by atoms with Crippen molar-refractivity contribution in [2.75, 3.05) is 30.9 Å². The van der Waals surface area contributed by atoms with E-state index in [9.17, 15) is 13.2 Å². The lowest BCUT2D eigenvalue weighted by Gasteiger charge is -2.30. The lowest BCUT2D eigenvalue weighted by molar-refractivity contribution is 0.178. The Morgan fingerprint density at radius 3 is 2.47 bits per heavy atom. The molecule has 30 heavy (non-hydrogen) atoms. The molecule has 1 aromatic heterocycles. The summed E-state index contributed by atoms with van der Waals surface area (Å²) in [6.45, 7) is 1.35. The van der Waals surface area contributed by atoms with Crippen LogP contribution in [0.5, 0.6) is 0 Å². The van der Waals surface area contributed by atoms with Crippen LogP contribution in [-0.4, -0.2) is 60.8 Å². The topological polar surface area (TPSA) is 92.7 Å². The Morgan fingerprint density at radius 1 is 1.07 bits per heavy atom. The fraction of sp³-hybridized carbons (Fsp3) is 0.476. The summed E-state index contributed by atoms with van der Waals surface area (Å²) in [7, 11) is -3.15. The Kier molecular flexibility index (Phi) is 6.01. The third-order valence-corrected chi connectivity index (χ3v) is 7.08. The number of anilines is 1. The van der Waals surface area contributed by atoms with Crippen LogP contribution in [0, 0.1) is 5.92 Å². The number of nitrogens with zero attached hydrogens (tertiary/aromatic N) is 4. The van der Waals surface area contributed by atoms with Crippen molar-refractivity contribution in [3.8, 4) is 0 Å². The molecule has 4 rings (SSSR count). The fourth-order valence-corrected chi connectivity index (χ4v) is 5.05. The highest BCUT2D eigenvalue weighted by Crippen LogP contribution is 2.29. The summed E-state index contributed by atoms with van der Waals surface area (Å²) >= 11 is 0. The molecule has 0 spiro atoms. The molecule has 1 atom stereocenters. The SMILES string of the molecule is CS(=O)(=O)N1CCC(Cc2nccnc2N2C(=O)OC[C@@H]2Cc2ccccc2)CC1. The predicted octanol–water partition coefficient (Wildman–Crippen LogP) is 2.26. The Balaban J connectivity index is 1.50. The Hall–Kier alpha value is -2.52. The summed E-state index contributed by atoms with van der Waals surface area (Å²) in [5.74, 6) is 0.844. The maximum Gasteiger partial charge on any atom is 0.416 e. The average Bonchev–Trinajstić information content (AvgIpc) is 3.09. The number of sulfonamides is 1. The molecule has 9 heteroatoms. The van der Waals surface area contributed by atoms with Gasteiger partial charge in [-0.25, -0.2) is 22.5 Å². The minimum atomic E-state index is -3.15. The van der Waals surface area contributed by atoms with Crippen molar-refractivity contribution < 1.29 is 17.9 Å². The van der Waals surface area contributed by atoms with Crippen LogP contribution >= 0.6 is 0 Å². The van der Waals surface area contributed by atoms with E-state index in [1.165, 1.54) is 10.6 Å². The smallest absolute Gasteiger partial charge is 0.416 e. The van der Waals surface area contributed by atoms with Gasteiger partial charge in [0.05, 0.1) is 18.0 Å². The molecule has 0 radical (unpaired) electrons. The van der Waals surface area contributed by atoms with E-state index >= 15 is 0 Å². The lowest BCUT2D eigenvalue weighted by atomic mass is 9.93. The first-order valence-electron chi connectivity index (χ1n) is 10.2. The molecule has 0 unspecified atom stereocenters. The van der Waals surface area contributed by atoms with Gasteiger partial charge >= 0.3 is 6.09 Å². The zero-order valence-corrected chi connectivity index (χ0v) is 17.8. The summed E-state index contributed by atoms with van der Waals surface area (Å²) in [5.41, 5.74) is 1.89. The molecular formula is C21H26N4O4S.